The fraction of sp³-hybridized carbons (Fsp3) is 0.133. The molecule has 4 aromatic carbocycles. The summed E-state index contributed by atoms with van der Waals surface area (Å²) < 4.78 is 11.2. The lowest BCUT2D eigenvalue weighted by Gasteiger charge is -2.17. The number of rotatable bonds is 7. The molecule has 0 heterocycles. The summed E-state index contributed by atoms with van der Waals surface area (Å²) in [6.07, 6.45) is 3.40. The smallest absolute Gasteiger partial charge is 0.191 e. The van der Waals surface area contributed by atoms with Gasteiger partial charge in [-0.3, -0.25) is 0 Å². The Balaban J connectivity index is 1.55. The third-order valence-corrected chi connectivity index (χ3v) is 8.17. The van der Waals surface area contributed by atoms with Crippen LogP contribution < -0.4 is 52.4 Å². The highest BCUT2D eigenvalue weighted by atomic mass is 16.7. The Morgan fingerprint density at radius 1 is 0.550 bits per heavy atom. The van der Waals surface area contributed by atoms with Crippen molar-refractivity contribution in [2.24, 2.45) is 23.6 Å². The molecule has 0 amide bonds. The molecule has 8 N–H and O–H groups in total. The van der Waals surface area contributed by atoms with Gasteiger partial charge in [0.1, 0.15) is 0 Å². The predicted octanol–water partition coefficient (Wildman–Crippen LogP) is 3.94. The van der Waals surface area contributed by atoms with Gasteiger partial charge in [-0.05, 0) is 122 Å². The lowest BCUT2D eigenvalue weighted by atomic mass is 9.86. The van der Waals surface area contributed by atoms with Crippen molar-refractivity contribution in [3.63, 3.8) is 0 Å². The summed E-state index contributed by atoms with van der Waals surface area (Å²) in [5.74, 6) is 25.0. The zero-order valence-electron chi connectivity index (χ0n) is 21.6. The van der Waals surface area contributed by atoms with Crippen LogP contribution in [0.4, 0.5) is 0 Å². The maximum absolute atomic E-state index is 5.65. The van der Waals surface area contributed by atoms with E-state index < -0.39 is 0 Å². The molecule has 0 aromatic heterocycles. The first kappa shape index (κ1) is 24.3. The summed E-state index contributed by atoms with van der Waals surface area (Å²) in [6, 6.07) is 11.6. The molecule has 202 valence electrons. The molecule has 0 radical (unpaired) electrons. The molecule has 0 aliphatic heterocycles. The summed E-state index contributed by atoms with van der Waals surface area (Å²) >= 11 is 0. The summed E-state index contributed by atoms with van der Waals surface area (Å²) in [4.78, 5) is 20.6. The van der Waals surface area contributed by atoms with Gasteiger partial charge in [0, 0.05) is 0 Å². The van der Waals surface area contributed by atoms with E-state index in [0.29, 0.717) is 53.8 Å². The van der Waals surface area contributed by atoms with E-state index in [1.807, 2.05) is 36.4 Å². The molecule has 0 saturated heterocycles. The second-order valence-electron chi connectivity index (χ2n) is 9.92. The molecule has 0 fully saturated rings. The molecule has 40 heavy (non-hydrogen) atoms. The molecular weight excluding hydrogens is 512 g/mol. The first-order valence-electron chi connectivity index (χ1n) is 12.6. The molecule has 3 aliphatic rings. The largest absolute Gasteiger partial charge is 0.493 e. The van der Waals surface area contributed by atoms with E-state index in [1.165, 1.54) is 23.0 Å². The van der Waals surface area contributed by atoms with Gasteiger partial charge in [0.15, 0.2) is 34.5 Å². The summed E-state index contributed by atoms with van der Waals surface area (Å²) in [5.41, 5.74) is 13.4. The summed E-state index contributed by atoms with van der Waals surface area (Å²) in [5, 5.41) is 0. The average molecular weight is 539 g/mol. The minimum atomic E-state index is 0.352. The van der Waals surface area contributed by atoms with Gasteiger partial charge in [0.2, 0.25) is 0 Å². The molecule has 3 aliphatic carbocycles. The quantitative estimate of drug-likeness (QED) is 0.173. The van der Waals surface area contributed by atoms with Crippen LogP contribution in [0.3, 0.4) is 0 Å². The van der Waals surface area contributed by atoms with Crippen molar-refractivity contribution in [3.05, 3.63) is 82.6 Å². The van der Waals surface area contributed by atoms with Gasteiger partial charge in [0.25, 0.3) is 0 Å². The van der Waals surface area contributed by atoms with Crippen LogP contribution in [-0.2, 0) is 19.3 Å². The van der Waals surface area contributed by atoms with E-state index in [4.69, 9.17) is 52.4 Å². The Labute approximate surface area is 229 Å². The average Bonchev–Trinajstić information content (AvgIpc) is 3.65. The standard InChI is InChI=1S/C30H26N4O6/c1-3-36-23-7-13-4-19-28-16-10-22(35-2)24(37-31)8-14(16)5-20(28)30-18-12-27(40-34)25(38-32)9-15(18)6-21(30)29(19)17(13)11-26(23)39-33/h3,7-12H,1,4-6,31-34H2,2H3. The van der Waals surface area contributed by atoms with E-state index in [9.17, 15) is 0 Å². The molecule has 0 spiro atoms. The van der Waals surface area contributed by atoms with Gasteiger partial charge in [-0.25, -0.2) is 0 Å². The van der Waals surface area contributed by atoms with Crippen LogP contribution >= 0.6 is 0 Å². The highest BCUT2D eigenvalue weighted by Gasteiger charge is 2.39. The van der Waals surface area contributed by atoms with Crippen LogP contribution in [0, 0.1) is 0 Å². The van der Waals surface area contributed by atoms with Crippen LogP contribution in [0.2, 0.25) is 0 Å². The molecule has 0 saturated carbocycles. The number of fused-ring (bicyclic) bond motifs is 12. The molecule has 0 bridgehead atoms. The normalized spacial score (nSPS) is 12.9. The molecule has 4 aromatic rings. The second kappa shape index (κ2) is 8.90. The van der Waals surface area contributed by atoms with Crippen LogP contribution in [-0.4, -0.2) is 7.11 Å². The number of benzene rings is 4. The number of nitrogens with two attached hydrogens (primary N) is 4. The number of hydrogen-bond acceptors (Lipinski definition) is 10. The Morgan fingerprint density at radius 2 is 0.900 bits per heavy atom. The second-order valence-corrected chi connectivity index (χ2v) is 9.92. The number of ether oxygens (including phenoxy) is 2. The summed E-state index contributed by atoms with van der Waals surface area (Å²) in [6.45, 7) is 3.68. The fourth-order valence-electron chi connectivity index (χ4n) is 6.65. The maximum atomic E-state index is 5.65. The van der Waals surface area contributed by atoms with Crippen molar-refractivity contribution >= 4 is 0 Å². The topological polar surface area (TPSA) is 159 Å². The van der Waals surface area contributed by atoms with Gasteiger partial charge in [-0.2, -0.15) is 23.6 Å². The van der Waals surface area contributed by atoms with Crippen molar-refractivity contribution in [1.29, 1.82) is 0 Å². The molecule has 7 rings (SSSR count). The monoisotopic (exact) mass is 538 g/mol. The van der Waals surface area contributed by atoms with Crippen LogP contribution in [0.5, 0.6) is 34.5 Å². The van der Waals surface area contributed by atoms with E-state index in [1.54, 1.807) is 7.11 Å². The lowest BCUT2D eigenvalue weighted by Crippen LogP contribution is -2.08. The van der Waals surface area contributed by atoms with Gasteiger partial charge in [0.05, 0.1) is 13.4 Å². The van der Waals surface area contributed by atoms with Gasteiger partial charge in [-0.15, -0.1) is 0 Å². The first-order valence-corrected chi connectivity index (χ1v) is 12.6. The SMILES string of the molecule is C=COc1cc2c(cc1ON)-c1c(c3c(c4c1Cc1cc(ON)c(ON)cc1-4)Cc1cc(ON)c(OC)cc1-3)C2. The Kier molecular flexibility index (Phi) is 5.41. The van der Waals surface area contributed by atoms with Crippen LogP contribution in [0.1, 0.15) is 33.4 Å². The molecule has 10 nitrogen and oxygen atoms in total. The van der Waals surface area contributed by atoms with Gasteiger partial charge >= 0.3 is 0 Å². The minimum Gasteiger partial charge on any atom is -0.493 e. The molecule has 10 heteroatoms. The Morgan fingerprint density at radius 3 is 1.30 bits per heavy atom. The molecular formula is C30H26N4O6. The predicted molar refractivity (Wildman–Crippen MR) is 148 cm³/mol. The van der Waals surface area contributed by atoms with Crippen molar-refractivity contribution < 1.29 is 28.8 Å². The van der Waals surface area contributed by atoms with Crippen molar-refractivity contribution in [3.8, 4) is 67.9 Å². The van der Waals surface area contributed by atoms with Crippen molar-refractivity contribution in [2.75, 3.05) is 7.11 Å². The zero-order valence-corrected chi connectivity index (χ0v) is 21.6. The third kappa shape index (κ3) is 3.18. The highest BCUT2D eigenvalue weighted by molar-refractivity contribution is 6.01. The maximum Gasteiger partial charge on any atom is 0.191 e. The van der Waals surface area contributed by atoms with E-state index >= 15 is 0 Å². The Bertz CT molecular complexity index is 1760. The van der Waals surface area contributed by atoms with Crippen molar-refractivity contribution in [1.82, 2.24) is 0 Å². The van der Waals surface area contributed by atoms with E-state index in [0.717, 1.165) is 50.1 Å². The third-order valence-electron chi connectivity index (χ3n) is 8.17. The van der Waals surface area contributed by atoms with Crippen LogP contribution in [0.25, 0.3) is 33.4 Å². The first-order chi connectivity index (χ1) is 19.5. The van der Waals surface area contributed by atoms with E-state index in [-0.39, 0.29) is 0 Å². The lowest BCUT2D eigenvalue weighted by molar-refractivity contribution is 0.280. The van der Waals surface area contributed by atoms with Gasteiger partial charge in [-0.1, -0.05) is 6.58 Å². The minimum absolute atomic E-state index is 0.352. The number of methoxy groups -OCH3 is 1. The van der Waals surface area contributed by atoms with Crippen molar-refractivity contribution in [2.45, 2.75) is 19.3 Å². The summed E-state index contributed by atoms with van der Waals surface area (Å²) in [7, 11) is 1.60. The Hall–Kier alpha value is -4.74. The highest BCUT2D eigenvalue weighted by Crippen LogP contribution is 2.59. The zero-order chi connectivity index (χ0) is 27.7. The van der Waals surface area contributed by atoms with E-state index in [2.05, 4.69) is 6.58 Å². The van der Waals surface area contributed by atoms with Gasteiger partial charge < -0.3 is 28.8 Å². The number of hydrogen-bond donors (Lipinski definition) is 4. The van der Waals surface area contributed by atoms with Crippen LogP contribution in [0.15, 0.2) is 49.2 Å². The molecule has 0 atom stereocenters. The molecule has 0 unspecified atom stereocenters. The fourth-order valence-corrected chi connectivity index (χ4v) is 6.65.